The summed E-state index contributed by atoms with van der Waals surface area (Å²) in [5, 5.41) is 21.8. The smallest absolute Gasteiger partial charge is 0.449 e. The largest absolute Gasteiger partial charge is 0.512 e. The Kier molecular flexibility index (Phi) is 3.17. The summed E-state index contributed by atoms with van der Waals surface area (Å²) in [7, 11) is 1.12. The van der Waals surface area contributed by atoms with Gasteiger partial charge in [0.2, 0.25) is 5.88 Å². The summed E-state index contributed by atoms with van der Waals surface area (Å²) in [6.07, 6.45) is -6.87. The lowest BCUT2D eigenvalue weighted by Gasteiger charge is -2.12. The summed E-state index contributed by atoms with van der Waals surface area (Å²) in [6, 6.07) is 0. The highest BCUT2D eigenvalue weighted by Crippen LogP contribution is 2.47. The average molecular weight is 280 g/mol. The molecule has 0 radical (unpaired) electrons. The van der Waals surface area contributed by atoms with E-state index < -0.39 is 35.6 Å². The Hall–Kier alpha value is -1.77. The van der Waals surface area contributed by atoms with Gasteiger partial charge in [0.25, 0.3) is 0 Å². The highest BCUT2D eigenvalue weighted by atomic mass is 19.4. The van der Waals surface area contributed by atoms with Crippen molar-refractivity contribution in [3.05, 3.63) is 11.3 Å². The standard InChI is InChI=1S/C10H11F3N2O4/c1-15-8(19-9(17)18)5(10(11,12)13)6(14-15)7(16)4-2-3-4/h4,7,16H,2-3H2,1H3,(H,17,18). The summed E-state index contributed by atoms with van der Waals surface area (Å²) in [5.74, 6) is -1.21. The zero-order valence-corrected chi connectivity index (χ0v) is 9.81. The molecule has 0 saturated heterocycles. The van der Waals surface area contributed by atoms with Crippen molar-refractivity contribution in [2.75, 3.05) is 0 Å². The number of ether oxygens (including phenoxy) is 1. The van der Waals surface area contributed by atoms with Gasteiger partial charge in [0.05, 0.1) is 0 Å². The molecule has 2 rings (SSSR count). The fourth-order valence-electron chi connectivity index (χ4n) is 1.84. The molecule has 1 unspecified atom stereocenters. The molecule has 0 aliphatic heterocycles. The number of hydrogen-bond donors (Lipinski definition) is 2. The molecule has 1 aliphatic rings. The van der Waals surface area contributed by atoms with Crippen LogP contribution in [-0.4, -0.2) is 26.1 Å². The molecule has 1 aliphatic carbocycles. The van der Waals surface area contributed by atoms with Crippen LogP contribution in [0.5, 0.6) is 5.88 Å². The minimum atomic E-state index is -4.86. The molecule has 0 aromatic carbocycles. The molecule has 1 aromatic heterocycles. The minimum absolute atomic E-state index is 0.270. The van der Waals surface area contributed by atoms with Gasteiger partial charge in [-0.05, 0) is 18.8 Å². The Bertz CT molecular complexity index is 508. The van der Waals surface area contributed by atoms with E-state index in [0.717, 1.165) is 7.05 Å². The number of nitrogens with zero attached hydrogens (tertiary/aromatic N) is 2. The van der Waals surface area contributed by atoms with E-state index in [2.05, 4.69) is 9.84 Å². The number of carbonyl (C=O) groups is 1. The fourth-order valence-corrected chi connectivity index (χ4v) is 1.84. The molecule has 0 spiro atoms. The van der Waals surface area contributed by atoms with E-state index in [1.807, 2.05) is 0 Å². The maximum atomic E-state index is 13.0. The topological polar surface area (TPSA) is 84.6 Å². The number of aliphatic hydroxyl groups is 1. The molecule has 1 atom stereocenters. The quantitative estimate of drug-likeness (QED) is 0.826. The third-order valence-corrected chi connectivity index (χ3v) is 2.84. The minimum Gasteiger partial charge on any atom is -0.449 e. The van der Waals surface area contributed by atoms with Crippen molar-refractivity contribution >= 4 is 6.16 Å². The molecule has 9 heteroatoms. The van der Waals surface area contributed by atoms with Gasteiger partial charge in [-0.15, -0.1) is 0 Å². The van der Waals surface area contributed by atoms with Crippen LogP contribution < -0.4 is 4.74 Å². The van der Waals surface area contributed by atoms with Crippen LogP contribution in [0.1, 0.15) is 30.2 Å². The zero-order chi connectivity index (χ0) is 14.4. The number of aryl methyl sites for hydroxylation is 1. The number of halogens is 3. The van der Waals surface area contributed by atoms with Crippen molar-refractivity contribution in [2.24, 2.45) is 13.0 Å². The number of alkyl halides is 3. The zero-order valence-electron chi connectivity index (χ0n) is 9.81. The molecule has 19 heavy (non-hydrogen) atoms. The third-order valence-electron chi connectivity index (χ3n) is 2.84. The lowest BCUT2D eigenvalue weighted by Crippen LogP contribution is -2.15. The predicted octanol–water partition coefficient (Wildman–Crippen LogP) is 1.94. The first-order valence-corrected chi connectivity index (χ1v) is 5.44. The van der Waals surface area contributed by atoms with Gasteiger partial charge < -0.3 is 14.9 Å². The van der Waals surface area contributed by atoms with Gasteiger partial charge in [-0.25, -0.2) is 9.48 Å². The van der Waals surface area contributed by atoms with Gasteiger partial charge in [-0.1, -0.05) is 0 Å². The van der Waals surface area contributed by atoms with Crippen LogP contribution in [0, 0.1) is 5.92 Å². The predicted molar refractivity (Wildman–Crippen MR) is 54.5 cm³/mol. The Morgan fingerprint density at radius 2 is 2.11 bits per heavy atom. The second-order valence-electron chi connectivity index (χ2n) is 4.34. The van der Waals surface area contributed by atoms with E-state index in [-0.39, 0.29) is 5.92 Å². The van der Waals surface area contributed by atoms with Crippen LogP contribution in [-0.2, 0) is 13.2 Å². The summed E-state index contributed by atoms with van der Waals surface area (Å²) in [5.41, 5.74) is -1.93. The molecule has 1 aromatic rings. The van der Waals surface area contributed by atoms with Crippen molar-refractivity contribution in [1.82, 2.24) is 9.78 Å². The SMILES string of the molecule is Cn1nc(C(O)C2CC2)c(C(F)(F)F)c1OC(=O)O. The van der Waals surface area contributed by atoms with Crippen molar-refractivity contribution in [3.8, 4) is 5.88 Å². The molecule has 1 fully saturated rings. The lowest BCUT2D eigenvalue weighted by atomic mass is 10.1. The van der Waals surface area contributed by atoms with Crippen LogP contribution in [0.25, 0.3) is 0 Å². The first-order valence-electron chi connectivity index (χ1n) is 5.44. The van der Waals surface area contributed by atoms with E-state index in [9.17, 15) is 23.1 Å². The molecule has 1 heterocycles. The van der Waals surface area contributed by atoms with Gasteiger partial charge in [0.1, 0.15) is 17.4 Å². The van der Waals surface area contributed by atoms with Crippen molar-refractivity contribution in [2.45, 2.75) is 25.1 Å². The van der Waals surface area contributed by atoms with Gasteiger partial charge in [0.15, 0.2) is 0 Å². The number of aliphatic hydroxyl groups excluding tert-OH is 1. The Labute approximate surface area is 105 Å². The third kappa shape index (κ3) is 2.65. The van der Waals surface area contributed by atoms with Crippen LogP contribution in [0.4, 0.5) is 18.0 Å². The number of rotatable bonds is 3. The van der Waals surface area contributed by atoms with Crippen LogP contribution >= 0.6 is 0 Å². The van der Waals surface area contributed by atoms with E-state index in [1.165, 1.54) is 0 Å². The number of carboxylic acid groups (broad SMARTS) is 1. The van der Waals surface area contributed by atoms with Gasteiger partial charge >= 0.3 is 12.3 Å². The summed E-state index contributed by atoms with van der Waals surface area (Å²) < 4.78 is 43.7. The van der Waals surface area contributed by atoms with Crippen LogP contribution in [0.15, 0.2) is 0 Å². The normalized spacial score (nSPS) is 17.3. The maximum Gasteiger partial charge on any atom is 0.512 e. The first kappa shape index (κ1) is 13.7. The van der Waals surface area contributed by atoms with Crippen molar-refractivity contribution in [3.63, 3.8) is 0 Å². The van der Waals surface area contributed by atoms with E-state index in [0.29, 0.717) is 17.5 Å². The van der Waals surface area contributed by atoms with Gasteiger partial charge in [-0.2, -0.15) is 18.3 Å². The first-order chi connectivity index (χ1) is 8.71. The lowest BCUT2D eigenvalue weighted by molar-refractivity contribution is -0.140. The number of hydrogen-bond acceptors (Lipinski definition) is 4. The van der Waals surface area contributed by atoms with Crippen LogP contribution in [0.2, 0.25) is 0 Å². The Morgan fingerprint density at radius 3 is 2.53 bits per heavy atom. The maximum absolute atomic E-state index is 13.0. The summed E-state index contributed by atoms with van der Waals surface area (Å²) in [6.45, 7) is 0. The highest BCUT2D eigenvalue weighted by molar-refractivity contribution is 5.61. The fraction of sp³-hybridized carbons (Fsp3) is 0.600. The average Bonchev–Trinajstić information content (AvgIpc) is 3.02. The van der Waals surface area contributed by atoms with E-state index in [4.69, 9.17) is 5.11 Å². The molecule has 106 valence electrons. The monoisotopic (exact) mass is 280 g/mol. The van der Waals surface area contributed by atoms with E-state index in [1.54, 1.807) is 0 Å². The summed E-state index contributed by atoms with van der Waals surface area (Å²) >= 11 is 0. The van der Waals surface area contributed by atoms with E-state index >= 15 is 0 Å². The Balaban J connectivity index is 2.50. The molecule has 6 nitrogen and oxygen atoms in total. The highest BCUT2D eigenvalue weighted by Gasteiger charge is 2.46. The molecular formula is C10H11F3N2O4. The molecule has 1 saturated carbocycles. The van der Waals surface area contributed by atoms with Gasteiger partial charge in [-0.3, -0.25) is 0 Å². The second-order valence-corrected chi connectivity index (χ2v) is 4.34. The molecule has 0 amide bonds. The second kappa shape index (κ2) is 4.41. The van der Waals surface area contributed by atoms with Crippen LogP contribution in [0.3, 0.4) is 0 Å². The molecule has 2 N–H and O–H groups in total. The Morgan fingerprint density at radius 1 is 1.53 bits per heavy atom. The molecule has 0 bridgehead atoms. The van der Waals surface area contributed by atoms with Crippen molar-refractivity contribution < 1.29 is 32.9 Å². The molecular weight excluding hydrogens is 269 g/mol. The van der Waals surface area contributed by atoms with Crippen molar-refractivity contribution in [1.29, 1.82) is 0 Å². The van der Waals surface area contributed by atoms with Gasteiger partial charge in [0, 0.05) is 7.05 Å². The summed E-state index contributed by atoms with van der Waals surface area (Å²) in [4.78, 5) is 10.4. The number of aromatic nitrogens is 2.